The Morgan fingerprint density at radius 3 is 2.36 bits per heavy atom. The van der Waals surface area contributed by atoms with Crippen molar-refractivity contribution in [3.63, 3.8) is 0 Å². The van der Waals surface area contributed by atoms with Gasteiger partial charge in [-0.05, 0) is 23.8 Å². The molecule has 0 saturated heterocycles. The Balaban J connectivity index is 0.00000169. The molecule has 0 radical (unpaired) electrons. The van der Waals surface area contributed by atoms with Crippen molar-refractivity contribution in [2.75, 3.05) is 7.11 Å². The van der Waals surface area contributed by atoms with Gasteiger partial charge < -0.3 is 15.3 Å². The summed E-state index contributed by atoms with van der Waals surface area (Å²) in [4.78, 5) is 10.2. The predicted octanol–water partition coefficient (Wildman–Crippen LogP) is 0.968. The van der Waals surface area contributed by atoms with Crippen molar-refractivity contribution in [3.05, 3.63) is 35.9 Å². The molecule has 0 amide bonds. The Labute approximate surface area is 81.8 Å². The van der Waals surface area contributed by atoms with Crippen molar-refractivity contribution in [2.24, 2.45) is 0 Å². The number of benzene rings is 1. The lowest BCUT2D eigenvalue weighted by molar-refractivity contribution is -0.131. The van der Waals surface area contributed by atoms with Gasteiger partial charge in [0.1, 0.15) is 5.75 Å². The highest BCUT2D eigenvalue weighted by Crippen LogP contribution is 2.11. The van der Waals surface area contributed by atoms with E-state index in [1.54, 1.807) is 31.4 Å². The Morgan fingerprint density at radius 2 is 1.93 bits per heavy atom. The first kappa shape index (κ1) is 12.2. The van der Waals surface area contributed by atoms with Crippen LogP contribution >= 0.6 is 0 Å². The van der Waals surface area contributed by atoms with Crippen LogP contribution in [0.4, 0.5) is 0 Å². The highest BCUT2D eigenvalue weighted by atomic mass is 16.5. The molecule has 0 spiro atoms. The molecule has 1 aromatic carbocycles. The van der Waals surface area contributed by atoms with Crippen molar-refractivity contribution in [1.82, 2.24) is 0 Å². The van der Waals surface area contributed by atoms with Crippen LogP contribution in [-0.4, -0.2) is 23.7 Å². The normalized spacial score (nSPS) is 9.50. The fraction of sp³-hybridized carbons (Fsp3) is 0.100. The van der Waals surface area contributed by atoms with Crippen LogP contribution < -0.4 is 4.74 Å². The van der Waals surface area contributed by atoms with Crippen LogP contribution in [0.1, 0.15) is 5.56 Å². The Bertz CT molecular complexity index is 313. The minimum atomic E-state index is -0.948. The van der Waals surface area contributed by atoms with Crippen LogP contribution in [0, 0.1) is 0 Å². The van der Waals surface area contributed by atoms with Gasteiger partial charge in [0.05, 0.1) is 7.11 Å². The van der Waals surface area contributed by atoms with Gasteiger partial charge in [-0.25, -0.2) is 4.79 Å². The summed E-state index contributed by atoms with van der Waals surface area (Å²) >= 11 is 0. The number of hydrogen-bond donors (Lipinski definition) is 1. The molecule has 4 nitrogen and oxygen atoms in total. The van der Waals surface area contributed by atoms with Gasteiger partial charge in [0.25, 0.3) is 0 Å². The number of methoxy groups -OCH3 is 1. The van der Waals surface area contributed by atoms with Gasteiger partial charge >= 0.3 is 5.97 Å². The average Bonchev–Trinajstić information content (AvgIpc) is 2.15. The van der Waals surface area contributed by atoms with Crippen LogP contribution in [-0.2, 0) is 4.79 Å². The lowest BCUT2D eigenvalue weighted by Crippen LogP contribution is -1.86. The number of ether oxygens (including phenoxy) is 1. The molecule has 0 aliphatic heterocycles. The zero-order valence-corrected chi connectivity index (χ0v) is 7.73. The summed E-state index contributed by atoms with van der Waals surface area (Å²) in [5.74, 6) is -0.191. The maximum atomic E-state index is 10.2. The van der Waals surface area contributed by atoms with E-state index in [4.69, 9.17) is 9.84 Å². The lowest BCUT2D eigenvalue weighted by Gasteiger charge is -1.98. The molecule has 3 N–H and O–H groups in total. The summed E-state index contributed by atoms with van der Waals surface area (Å²) in [7, 11) is 1.59. The van der Waals surface area contributed by atoms with Crippen LogP contribution in [0.2, 0.25) is 0 Å². The molecule has 0 aliphatic carbocycles. The molecule has 0 fully saturated rings. The number of hydrogen-bond acceptors (Lipinski definition) is 2. The summed E-state index contributed by atoms with van der Waals surface area (Å²) in [5, 5.41) is 8.36. The van der Waals surface area contributed by atoms with Gasteiger partial charge in [0, 0.05) is 6.08 Å². The van der Waals surface area contributed by atoms with Gasteiger partial charge in [-0.1, -0.05) is 12.1 Å². The maximum Gasteiger partial charge on any atom is 0.328 e. The van der Waals surface area contributed by atoms with Crippen LogP contribution in [0.25, 0.3) is 6.08 Å². The lowest BCUT2D eigenvalue weighted by atomic mass is 10.2. The summed E-state index contributed by atoms with van der Waals surface area (Å²) in [6.45, 7) is 0. The van der Waals surface area contributed by atoms with Crippen molar-refractivity contribution in [2.45, 2.75) is 0 Å². The molecule has 4 heteroatoms. The number of rotatable bonds is 3. The largest absolute Gasteiger partial charge is 0.497 e. The summed E-state index contributed by atoms with van der Waals surface area (Å²) < 4.78 is 4.95. The molecule has 0 unspecified atom stereocenters. The first-order chi connectivity index (χ1) is 6.22. The van der Waals surface area contributed by atoms with E-state index >= 15 is 0 Å². The smallest absolute Gasteiger partial charge is 0.328 e. The molecule has 0 saturated carbocycles. The van der Waals surface area contributed by atoms with Gasteiger partial charge in [0.15, 0.2) is 0 Å². The van der Waals surface area contributed by atoms with Gasteiger partial charge in [0.2, 0.25) is 0 Å². The molecule has 76 valence electrons. The van der Waals surface area contributed by atoms with Gasteiger partial charge in [-0.15, -0.1) is 0 Å². The molecular weight excluding hydrogens is 184 g/mol. The standard InChI is InChI=1S/C10H10O3.H2O/c1-13-9-5-2-8(3-6-9)4-7-10(11)12;/h2-7H,1H3,(H,11,12);1H2. The van der Waals surface area contributed by atoms with E-state index in [1.807, 2.05) is 0 Å². The van der Waals surface area contributed by atoms with Crippen molar-refractivity contribution in [1.29, 1.82) is 0 Å². The van der Waals surface area contributed by atoms with E-state index in [-0.39, 0.29) is 5.48 Å². The van der Waals surface area contributed by atoms with Gasteiger partial charge in [-0.3, -0.25) is 0 Å². The highest BCUT2D eigenvalue weighted by Gasteiger charge is 1.91. The topological polar surface area (TPSA) is 78.0 Å². The molecule has 0 aliphatic rings. The quantitative estimate of drug-likeness (QED) is 0.731. The van der Waals surface area contributed by atoms with Crippen LogP contribution in [0.3, 0.4) is 0 Å². The fourth-order valence-electron chi connectivity index (χ4n) is 0.883. The van der Waals surface area contributed by atoms with Crippen molar-refractivity contribution < 1.29 is 20.1 Å². The molecule has 1 rings (SSSR count). The predicted molar refractivity (Wildman–Crippen MR) is 53.3 cm³/mol. The maximum absolute atomic E-state index is 10.2. The third-order valence-corrected chi connectivity index (χ3v) is 1.53. The van der Waals surface area contributed by atoms with E-state index in [0.717, 1.165) is 17.4 Å². The minimum Gasteiger partial charge on any atom is -0.497 e. The third-order valence-electron chi connectivity index (χ3n) is 1.53. The van der Waals surface area contributed by atoms with E-state index < -0.39 is 5.97 Å². The van der Waals surface area contributed by atoms with Gasteiger partial charge in [-0.2, -0.15) is 0 Å². The molecule has 0 aromatic heterocycles. The second-order valence-corrected chi connectivity index (χ2v) is 2.44. The monoisotopic (exact) mass is 196 g/mol. The number of aliphatic carboxylic acids is 1. The molecule has 14 heavy (non-hydrogen) atoms. The second kappa shape index (κ2) is 5.77. The van der Waals surface area contributed by atoms with Crippen LogP contribution in [0.5, 0.6) is 5.75 Å². The number of carboxylic acid groups (broad SMARTS) is 1. The van der Waals surface area contributed by atoms with E-state index in [0.29, 0.717) is 0 Å². The highest BCUT2D eigenvalue weighted by molar-refractivity contribution is 5.85. The third kappa shape index (κ3) is 3.73. The van der Waals surface area contributed by atoms with Crippen molar-refractivity contribution >= 4 is 12.0 Å². The first-order valence-electron chi connectivity index (χ1n) is 3.77. The fourth-order valence-corrected chi connectivity index (χ4v) is 0.883. The summed E-state index contributed by atoms with van der Waals surface area (Å²) in [5.41, 5.74) is 0.836. The molecule has 0 atom stereocenters. The Kier molecular flexibility index (Phi) is 5.02. The number of carboxylic acids is 1. The van der Waals surface area contributed by atoms with E-state index in [1.165, 1.54) is 6.08 Å². The summed E-state index contributed by atoms with van der Waals surface area (Å²) in [6, 6.07) is 7.14. The Hall–Kier alpha value is -1.81. The summed E-state index contributed by atoms with van der Waals surface area (Å²) in [6.07, 6.45) is 2.63. The zero-order chi connectivity index (χ0) is 9.68. The number of carbonyl (C=O) groups is 1. The first-order valence-corrected chi connectivity index (χ1v) is 3.77. The van der Waals surface area contributed by atoms with Crippen molar-refractivity contribution in [3.8, 4) is 5.75 Å². The molecule has 0 heterocycles. The zero-order valence-electron chi connectivity index (χ0n) is 7.73. The SMILES string of the molecule is COc1ccc(C=CC(=O)O)cc1.O. The van der Waals surface area contributed by atoms with Crippen LogP contribution in [0.15, 0.2) is 30.3 Å². The minimum absolute atomic E-state index is 0. The molecule has 0 bridgehead atoms. The van der Waals surface area contributed by atoms with E-state index in [2.05, 4.69) is 0 Å². The molecular formula is C10H12O4. The Morgan fingerprint density at radius 1 is 1.36 bits per heavy atom. The average molecular weight is 196 g/mol. The molecule has 1 aromatic rings. The second-order valence-electron chi connectivity index (χ2n) is 2.44. The van der Waals surface area contributed by atoms with E-state index in [9.17, 15) is 4.79 Å².